The normalized spacial score (nSPS) is 22.7. The molecule has 0 amide bonds. The molecule has 1 rings (SSSR count). The predicted octanol–water partition coefficient (Wildman–Crippen LogP) is 3.59. The molecule has 0 bridgehead atoms. The summed E-state index contributed by atoms with van der Waals surface area (Å²) < 4.78 is 6.56. The van der Waals surface area contributed by atoms with Crippen molar-refractivity contribution in [2.75, 3.05) is 19.8 Å². The number of aliphatic hydroxyl groups is 1. The molecule has 1 unspecified atom stereocenters. The molecule has 1 fully saturated rings. The Morgan fingerprint density at radius 3 is 2.05 bits per heavy atom. The van der Waals surface area contributed by atoms with Crippen LogP contribution < -0.4 is 0 Å². The van der Waals surface area contributed by atoms with Crippen molar-refractivity contribution in [2.45, 2.75) is 77.1 Å². The second-order valence-corrected chi connectivity index (χ2v) is 12.4. The van der Waals surface area contributed by atoms with E-state index in [1.165, 1.54) is 0 Å². The average molecular weight is 288 g/mol. The minimum atomic E-state index is -1.76. The third-order valence-electron chi connectivity index (χ3n) is 4.68. The van der Waals surface area contributed by atoms with Crippen molar-refractivity contribution < 1.29 is 9.53 Å². The summed E-state index contributed by atoms with van der Waals surface area (Å²) in [7, 11) is -1.76. The molecular weight excluding hydrogens is 254 g/mol. The molecule has 1 saturated heterocycles. The summed E-state index contributed by atoms with van der Waals surface area (Å²) in [5.41, 5.74) is 1.88. The standard InChI is InChI=1S/C15H33NO2Si/c1-12(2)19(13(3)4,14(5)6)18-11-16-9-7-8-15(17)10-16/h12-15,17H,7-11H2,1-6H3. The largest absolute Gasteiger partial charge is 0.403 e. The maximum atomic E-state index is 9.75. The Kier molecular flexibility index (Phi) is 6.50. The van der Waals surface area contributed by atoms with Crippen molar-refractivity contribution in [3.8, 4) is 0 Å². The van der Waals surface area contributed by atoms with Gasteiger partial charge in [-0.2, -0.15) is 0 Å². The van der Waals surface area contributed by atoms with Crippen molar-refractivity contribution in [2.24, 2.45) is 0 Å². The van der Waals surface area contributed by atoms with Crippen molar-refractivity contribution in [3.63, 3.8) is 0 Å². The molecule has 1 aliphatic heterocycles. The van der Waals surface area contributed by atoms with Gasteiger partial charge >= 0.3 is 0 Å². The van der Waals surface area contributed by atoms with Gasteiger partial charge in [0, 0.05) is 13.1 Å². The molecule has 1 aliphatic rings. The molecule has 1 N–H and O–H groups in total. The molecule has 0 aromatic carbocycles. The summed E-state index contributed by atoms with van der Waals surface area (Å²) in [5.74, 6) is 0. The van der Waals surface area contributed by atoms with Crippen LogP contribution in [-0.2, 0) is 4.43 Å². The van der Waals surface area contributed by atoms with E-state index in [9.17, 15) is 5.11 Å². The van der Waals surface area contributed by atoms with Crippen LogP contribution in [0.25, 0.3) is 0 Å². The van der Waals surface area contributed by atoms with Crippen LogP contribution in [0.1, 0.15) is 54.4 Å². The summed E-state index contributed by atoms with van der Waals surface area (Å²) in [6, 6.07) is 0. The fourth-order valence-electron chi connectivity index (χ4n) is 3.85. The molecule has 19 heavy (non-hydrogen) atoms. The monoisotopic (exact) mass is 287 g/mol. The Labute approximate surface area is 120 Å². The van der Waals surface area contributed by atoms with E-state index in [2.05, 4.69) is 46.4 Å². The number of likely N-dealkylation sites (tertiary alicyclic amines) is 1. The van der Waals surface area contributed by atoms with E-state index >= 15 is 0 Å². The average Bonchev–Trinajstić information content (AvgIpc) is 2.28. The summed E-state index contributed by atoms with van der Waals surface area (Å²) in [6.07, 6.45) is 1.87. The lowest BCUT2D eigenvalue weighted by molar-refractivity contribution is 0.0235. The van der Waals surface area contributed by atoms with Gasteiger partial charge in [-0.3, -0.25) is 4.90 Å². The van der Waals surface area contributed by atoms with Crippen LogP contribution in [-0.4, -0.2) is 44.2 Å². The van der Waals surface area contributed by atoms with Gasteiger partial charge in [0.25, 0.3) is 0 Å². The first-order chi connectivity index (χ1) is 8.80. The van der Waals surface area contributed by atoms with Gasteiger partial charge in [0.05, 0.1) is 12.8 Å². The second-order valence-electron chi connectivity index (χ2n) is 6.96. The van der Waals surface area contributed by atoms with Crippen LogP contribution in [0.4, 0.5) is 0 Å². The van der Waals surface area contributed by atoms with Gasteiger partial charge in [0.1, 0.15) is 0 Å². The molecule has 0 aromatic rings. The maximum absolute atomic E-state index is 9.75. The third-order valence-corrected chi connectivity index (χ3v) is 10.7. The van der Waals surface area contributed by atoms with Crippen molar-refractivity contribution in [1.82, 2.24) is 4.90 Å². The van der Waals surface area contributed by atoms with E-state index < -0.39 is 8.32 Å². The third kappa shape index (κ3) is 4.03. The first-order valence-corrected chi connectivity index (χ1v) is 9.99. The predicted molar refractivity (Wildman–Crippen MR) is 83.8 cm³/mol. The lowest BCUT2D eigenvalue weighted by Crippen LogP contribution is -2.51. The van der Waals surface area contributed by atoms with Crippen molar-refractivity contribution in [1.29, 1.82) is 0 Å². The van der Waals surface area contributed by atoms with Crippen LogP contribution in [0.5, 0.6) is 0 Å². The molecule has 114 valence electrons. The lowest BCUT2D eigenvalue weighted by atomic mass is 10.1. The minimum Gasteiger partial charge on any atom is -0.403 e. The van der Waals surface area contributed by atoms with Crippen molar-refractivity contribution >= 4 is 8.32 Å². The first-order valence-electron chi connectivity index (χ1n) is 7.85. The van der Waals surface area contributed by atoms with Gasteiger partial charge in [-0.25, -0.2) is 0 Å². The first kappa shape index (κ1) is 17.1. The highest BCUT2D eigenvalue weighted by atomic mass is 28.4. The van der Waals surface area contributed by atoms with Gasteiger partial charge in [-0.05, 0) is 29.5 Å². The molecule has 0 spiro atoms. The van der Waals surface area contributed by atoms with Crippen molar-refractivity contribution in [3.05, 3.63) is 0 Å². The summed E-state index contributed by atoms with van der Waals surface area (Å²) >= 11 is 0. The minimum absolute atomic E-state index is 0.162. The quantitative estimate of drug-likeness (QED) is 0.758. The van der Waals surface area contributed by atoms with Crippen LogP contribution in [0.3, 0.4) is 0 Å². The van der Waals surface area contributed by atoms with E-state index in [1.54, 1.807) is 0 Å². The molecular formula is C15H33NO2Si. The van der Waals surface area contributed by atoms with E-state index in [4.69, 9.17) is 4.43 Å². The molecule has 0 saturated carbocycles. The Morgan fingerprint density at radius 1 is 1.11 bits per heavy atom. The number of nitrogens with zero attached hydrogens (tertiary/aromatic N) is 1. The SMILES string of the molecule is CC(C)[Si](OCN1CCCC(O)C1)(C(C)C)C(C)C. The summed E-state index contributed by atoms with van der Waals surface area (Å²) in [4.78, 5) is 2.28. The van der Waals surface area contributed by atoms with E-state index in [-0.39, 0.29) is 6.10 Å². The highest BCUT2D eigenvalue weighted by Crippen LogP contribution is 2.42. The zero-order chi connectivity index (χ0) is 14.6. The molecule has 1 atom stereocenters. The Morgan fingerprint density at radius 2 is 1.63 bits per heavy atom. The Bertz CT molecular complexity index is 247. The number of β-amino-alcohol motifs (C(OH)–C–C–N with tert-alkyl or cyclic N) is 1. The lowest BCUT2D eigenvalue weighted by Gasteiger charge is -2.44. The molecule has 0 aliphatic carbocycles. The fraction of sp³-hybridized carbons (Fsp3) is 1.00. The van der Waals surface area contributed by atoms with Crippen LogP contribution >= 0.6 is 0 Å². The van der Waals surface area contributed by atoms with Gasteiger partial charge in [0.2, 0.25) is 8.32 Å². The zero-order valence-electron chi connectivity index (χ0n) is 13.6. The molecule has 3 nitrogen and oxygen atoms in total. The highest BCUT2D eigenvalue weighted by molar-refractivity contribution is 6.77. The van der Waals surface area contributed by atoms with Gasteiger partial charge in [-0.1, -0.05) is 41.5 Å². The number of piperidine rings is 1. The number of hydrogen-bond acceptors (Lipinski definition) is 3. The summed E-state index contributed by atoms with van der Waals surface area (Å²) in [6.45, 7) is 16.4. The smallest absolute Gasteiger partial charge is 0.202 e. The number of hydrogen-bond donors (Lipinski definition) is 1. The van der Waals surface area contributed by atoms with Gasteiger partial charge < -0.3 is 9.53 Å². The number of aliphatic hydroxyl groups excluding tert-OH is 1. The Balaban J connectivity index is 2.67. The van der Waals surface area contributed by atoms with E-state index in [0.29, 0.717) is 23.4 Å². The highest BCUT2D eigenvalue weighted by Gasteiger charge is 2.45. The number of rotatable bonds is 6. The topological polar surface area (TPSA) is 32.7 Å². The maximum Gasteiger partial charge on any atom is 0.202 e. The van der Waals surface area contributed by atoms with E-state index in [1.807, 2.05) is 0 Å². The molecule has 4 heteroatoms. The van der Waals surface area contributed by atoms with Crippen LogP contribution in [0.2, 0.25) is 16.6 Å². The zero-order valence-corrected chi connectivity index (χ0v) is 14.6. The Hall–Kier alpha value is 0.0969. The molecule has 1 heterocycles. The van der Waals surface area contributed by atoms with E-state index in [0.717, 1.165) is 25.9 Å². The second kappa shape index (κ2) is 7.20. The molecule has 0 radical (unpaired) electrons. The van der Waals surface area contributed by atoms with Gasteiger partial charge in [0.15, 0.2) is 0 Å². The van der Waals surface area contributed by atoms with Crippen LogP contribution in [0.15, 0.2) is 0 Å². The van der Waals surface area contributed by atoms with Crippen LogP contribution in [0, 0.1) is 0 Å². The fourth-order valence-corrected chi connectivity index (χ4v) is 9.26. The molecule has 0 aromatic heterocycles. The van der Waals surface area contributed by atoms with Gasteiger partial charge in [-0.15, -0.1) is 0 Å². The summed E-state index contributed by atoms with van der Waals surface area (Å²) in [5, 5.41) is 9.75.